The molecule has 5 nitrogen and oxygen atoms in total. The van der Waals surface area contributed by atoms with Crippen molar-refractivity contribution in [1.82, 2.24) is 9.88 Å². The number of nitrogens with two attached hydrogens (primary N) is 1. The van der Waals surface area contributed by atoms with Gasteiger partial charge in [0.2, 0.25) is 5.91 Å². The SMILES string of the molecule is CCCN(CC(=O)N(C)C)c1ccc2cc(N)ccc2n1. The lowest BCUT2D eigenvalue weighted by atomic mass is 10.2. The van der Waals surface area contributed by atoms with Crippen LogP contribution >= 0.6 is 0 Å². The quantitative estimate of drug-likeness (QED) is 0.855. The number of nitrogens with zero attached hydrogens (tertiary/aromatic N) is 3. The van der Waals surface area contributed by atoms with Gasteiger partial charge in [-0.25, -0.2) is 4.98 Å². The Kier molecular flexibility index (Phi) is 4.62. The zero-order chi connectivity index (χ0) is 15.4. The average Bonchev–Trinajstić information content (AvgIpc) is 2.46. The molecule has 112 valence electrons. The van der Waals surface area contributed by atoms with Crippen LogP contribution in [-0.4, -0.2) is 43.0 Å². The van der Waals surface area contributed by atoms with E-state index in [1.807, 2.05) is 35.2 Å². The Balaban J connectivity index is 2.31. The van der Waals surface area contributed by atoms with Crippen LogP contribution in [0.1, 0.15) is 13.3 Å². The number of rotatable bonds is 5. The number of nitrogen functional groups attached to an aromatic ring is 1. The lowest BCUT2D eigenvalue weighted by molar-refractivity contribution is -0.127. The van der Waals surface area contributed by atoms with Gasteiger partial charge >= 0.3 is 0 Å². The van der Waals surface area contributed by atoms with E-state index < -0.39 is 0 Å². The van der Waals surface area contributed by atoms with Gasteiger partial charge in [-0.15, -0.1) is 0 Å². The molecule has 0 aliphatic heterocycles. The Labute approximate surface area is 125 Å². The van der Waals surface area contributed by atoms with Crippen LogP contribution in [0.5, 0.6) is 0 Å². The molecule has 2 aromatic rings. The molecule has 1 aromatic heterocycles. The molecule has 0 aliphatic rings. The first kappa shape index (κ1) is 15.1. The zero-order valence-corrected chi connectivity index (χ0v) is 12.8. The third-order valence-electron chi connectivity index (χ3n) is 3.34. The van der Waals surface area contributed by atoms with Gasteiger partial charge in [0.1, 0.15) is 5.82 Å². The van der Waals surface area contributed by atoms with Crippen molar-refractivity contribution in [2.75, 3.05) is 37.8 Å². The summed E-state index contributed by atoms with van der Waals surface area (Å²) in [5, 5.41) is 1.01. The first-order valence-electron chi connectivity index (χ1n) is 7.12. The van der Waals surface area contributed by atoms with Gasteiger partial charge < -0.3 is 15.5 Å². The second kappa shape index (κ2) is 6.43. The van der Waals surface area contributed by atoms with E-state index in [1.54, 1.807) is 19.0 Å². The van der Waals surface area contributed by atoms with Crippen LogP contribution < -0.4 is 10.6 Å². The highest BCUT2D eigenvalue weighted by Gasteiger charge is 2.13. The predicted molar refractivity (Wildman–Crippen MR) is 87.4 cm³/mol. The number of hydrogen-bond donors (Lipinski definition) is 1. The maximum atomic E-state index is 11.9. The van der Waals surface area contributed by atoms with Crippen molar-refractivity contribution >= 4 is 28.3 Å². The molecule has 0 unspecified atom stereocenters. The summed E-state index contributed by atoms with van der Waals surface area (Å²) in [6.45, 7) is 3.23. The fourth-order valence-corrected chi connectivity index (χ4v) is 2.16. The topological polar surface area (TPSA) is 62.5 Å². The smallest absolute Gasteiger partial charge is 0.241 e. The second-order valence-corrected chi connectivity index (χ2v) is 5.33. The number of anilines is 2. The Hall–Kier alpha value is -2.30. The molecule has 0 atom stereocenters. The summed E-state index contributed by atoms with van der Waals surface area (Å²) in [4.78, 5) is 20.2. The minimum atomic E-state index is 0.0719. The number of hydrogen-bond acceptors (Lipinski definition) is 4. The molecule has 0 aliphatic carbocycles. The van der Waals surface area contributed by atoms with Crippen molar-refractivity contribution in [1.29, 1.82) is 0 Å². The predicted octanol–water partition coefficient (Wildman–Crippen LogP) is 2.12. The molecule has 0 bridgehead atoms. The highest BCUT2D eigenvalue weighted by molar-refractivity contribution is 5.85. The van der Waals surface area contributed by atoms with E-state index in [0.29, 0.717) is 6.54 Å². The molecule has 0 saturated carbocycles. The minimum absolute atomic E-state index is 0.0719. The maximum Gasteiger partial charge on any atom is 0.241 e. The summed E-state index contributed by atoms with van der Waals surface area (Å²) in [5.41, 5.74) is 7.40. The number of likely N-dealkylation sites (N-methyl/N-ethyl adjacent to an activating group) is 1. The highest BCUT2D eigenvalue weighted by Crippen LogP contribution is 2.20. The molecule has 0 radical (unpaired) electrons. The lowest BCUT2D eigenvalue weighted by Crippen LogP contribution is -2.37. The van der Waals surface area contributed by atoms with Crippen LogP contribution in [0.15, 0.2) is 30.3 Å². The van der Waals surface area contributed by atoms with Gasteiger partial charge in [-0.05, 0) is 36.8 Å². The Morgan fingerprint density at radius 2 is 2.00 bits per heavy atom. The van der Waals surface area contributed by atoms with E-state index in [0.717, 1.165) is 35.4 Å². The van der Waals surface area contributed by atoms with Crippen molar-refractivity contribution in [2.24, 2.45) is 0 Å². The number of aromatic nitrogens is 1. The number of fused-ring (bicyclic) bond motifs is 1. The van der Waals surface area contributed by atoms with Crippen molar-refractivity contribution in [3.63, 3.8) is 0 Å². The average molecular weight is 286 g/mol. The van der Waals surface area contributed by atoms with Gasteiger partial charge in [0.15, 0.2) is 0 Å². The Morgan fingerprint density at radius 1 is 1.24 bits per heavy atom. The molecule has 0 fully saturated rings. The van der Waals surface area contributed by atoms with Crippen LogP contribution in [0.2, 0.25) is 0 Å². The molecular formula is C16H22N4O. The largest absolute Gasteiger partial charge is 0.399 e. The van der Waals surface area contributed by atoms with Crippen molar-refractivity contribution in [3.8, 4) is 0 Å². The molecule has 1 aromatic carbocycles. The van der Waals surface area contributed by atoms with E-state index in [1.165, 1.54) is 0 Å². The summed E-state index contributed by atoms with van der Waals surface area (Å²) in [6.07, 6.45) is 0.960. The highest BCUT2D eigenvalue weighted by atomic mass is 16.2. The molecule has 2 rings (SSSR count). The van der Waals surface area contributed by atoms with E-state index in [2.05, 4.69) is 11.9 Å². The monoisotopic (exact) mass is 286 g/mol. The lowest BCUT2D eigenvalue weighted by Gasteiger charge is -2.24. The van der Waals surface area contributed by atoms with Crippen LogP contribution in [0, 0.1) is 0 Å². The molecule has 21 heavy (non-hydrogen) atoms. The van der Waals surface area contributed by atoms with Crippen molar-refractivity contribution < 1.29 is 4.79 Å². The van der Waals surface area contributed by atoms with E-state index in [4.69, 9.17) is 5.73 Å². The van der Waals surface area contributed by atoms with E-state index in [-0.39, 0.29) is 5.91 Å². The van der Waals surface area contributed by atoms with E-state index >= 15 is 0 Å². The number of pyridine rings is 1. The first-order valence-corrected chi connectivity index (χ1v) is 7.12. The molecule has 1 amide bonds. The molecule has 0 spiro atoms. The van der Waals surface area contributed by atoms with Gasteiger partial charge in [-0.1, -0.05) is 6.92 Å². The zero-order valence-electron chi connectivity index (χ0n) is 12.8. The summed E-state index contributed by atoms with van der Waals surface area (Å²) < 4.78 is 0. The second-order valence-electron chi connectivity index (χ2n) is 5.33. The maximum absolute atomic E-state index is 11.9. The van der Waals surface area contributed by atoms with Gasteiger partial charge in [-0.3, -0.25) is 4.79 Å². The number of benzene rings is 1. The fourth-order valence-electron chi connectivity index (χ4n) is 2.16. The molecule has 1 heterocycles. The minimum Gasteiger partial charge on any atom is -0.399 e. The Bertz CT molecular complexity index is 639. The number of amides is 1. The van der Waals surface area contributed by atoms with Crippen LogP contribution in [0.4, 0.5) is 11.5 Å². The van der Waals surface area contributed by atoms with Gasteiger partial charge in [0.05, 0.1) is 12.1 Å². The van der Waals surface area contributed by atoms with Crippen LogP contribution in [0.25, 0.3) is 10.9 Å². The summed E-state index contributed by atoms with van der Waals surface area (Å²) in [6, 6.07) is 9.60. The molecular weight excluding hydrogens is 264 g/mol. The Morgan fingerprint density at radius 3 is 2.67 bits per heavy atom. The van der Waals surface area contributed by atoms with Gasteiger partial charge in [-0.2, -0.15) is 0 Å². The summed E-state index contributed by atoms with van der Waals surface area (Å²) in [5.74, 6) is 0.895. The molecule has 0 saturated heterocycles. The number of carbonyl (C=O) groups excluding carboxylic acids is 1. The normalized spacial score (nSPS) is 10.6. The fraction of sp³-hybridized carbons (Fsp3) is 0.375. The standard InChI is InChI=1S/C16H22N4O/c1-4-9-20(11-16(21)19(2)3)15-8-5-12-10-13(17)6-7-14(12)18-15/h5-8,10H,4,9,11,17H2,1-3H3. The van der Waals surface area contributed by atoms with Gasteiger partial charge in [0.25, 0.3) is 0 Å². The summed E-state index contributed by atoms with van der Waals surface area (Å²) >= 11 is 0. The molecule has 2 N–H and O–H groups in total. The summed E-state index contributed by atoms with van der Waals surface area (Å²) in [7, 11) is 3.53. The number of carbonyl (C=O) groups is 1. The van der Waals surface area contributed by atoms with Crippen molar-refractivity contribution in [2.45, 2.75) is 13.3 Å². The van der Waals surface area contributed by atoms with Crippen LogP contribution in [0.3, 0.4) is 0 Å². The molecule has 5 heteroatoms. The van der Waals surface area contributed by atoms with Gasteiger partial charge in [0, 0.05) is 31.7 Å². The third kappa shape index (κ3) is 3.62. The van der Waals surface area contributed by atoms with E-state index in [9.17, 15) is 4.79 Å². The van der Waals surface area contributed by atoms with Crippen molar-refractivity contribution in [3.05, 3.63) is 30.3 Å². The third-order valence-corrected chi connectivity index (χ3v) is 3.34. The first-order chi connectivity index (χ1) is 10.0. The van der Waals surface area contributed by atoms with Crippen LogP contribution in [-0.2, 0) is 4.79 Å².